The molecule has 0 aliphatic rings. The maximum Gasteiger partial charge on any atom is 0.340 e. The molecule has 0 aromatic heterocycles. The molecule has 0 amide bonds. The molecule has 0 saturated heterocycles. The van der Waals surface area contributed by atoms with Crippen molar-refractivity contribution in [3.8, 4) is 5.75 Å². The molecule has 0 aliphatic heterocycles. The number of rotatable bonds is 3. The second-order valence-electron chi connectivity index (χ2n) is 3.95. The fourth-order valence-electron chi connectivity index (χ4n) is 1.58. The van der Waals surface area contributed by atoms with Gasteiger partial charge in [0.2, 0.25) is 0 Å². The average Bonchev–Trinajstić information content (AvgIpc) is 2.39. The van der Waals surface area contributed by atoms with Crippen LogP contribution in [0, 0.1) is 0 Å². The highest BCUT2D eigenvalue weighted by Crippen LogP contribution is 2.24. The van der Waals surface area contributed by atoms with E-state index in [9.17, 15) is 9.90 Å². The van der Waals surface area contributed by atoms with Crippen molar-refractivity contribution in [1.82, 2.24) is 0 Å². The van der Waals surface area contributed by atoms with Gasteiger partial charge in [-0.3, -0.25) is 0 Å². The van der Waals surface area contributed by atoms with Gasteiger partial charge in [-0.1, -0.05) is 29.8 Å². The van der Waals surface area contributed by atoms with Gasteiger partial charge in [-0.05, 0) is 29.8 Å². The number of carbonyl (C=O) groups is 1. The Labute approximate surface area is 115 Å². The lowest BCUT2D eigenvalue weighted by Gasteiger charge is -2.07. The Morgan fingerprint density at radius 3 is 2.74 bits per heavy atom. The summed E-state index contributed by atoms with van der Waals surface area (Å²) in [7, 11) is 0. The van der Waals surface area contributed by atoms with E-state index in [1.165, 1.54) is 6.07 Å². The fraction of sp³-hybridized carbons (Fsp3) is 0.0714. The van der Waals surface area contributed by atoms with Gasteiger partial charge in [-0.2, -0.15) is 0 Å². The Kier molecular flexibility index (Phi) is 3.92. The summed E-state index contributed by atoms with van der Waals surface area (Å²) in [5.74, 6) is -0.434. The van der Waals surface area contributed by atoms with E-state index >= 15 is 0 Å². The summed E-state index contributed by atoms with van der Waals surface area (Å²) in [6.07, 6.45) is 0. The number of ether oxygens (including phenoxy) is 1. The number of phenolic OH excluding ortho intramolecular Hbond substituents is 1. The Bertz CT molecular complexity index is 613. The summed E-state index contributed by atoms with van der Waals surface area (Å²) in [4.78, 5) is 11.9. The molecule has 0 unspecified atom stereocenters. The Morgan fingerprint density at radius 2 is 2.00 bits per heavy atom. The molecule has 3 N–H and O–H groups in total. The summed E-state index contributed by atoms with van der Waals surface area (Å²) in [6.45, 7) is 0.0539. The van der Waals surface area contributed by atoms with Crippen LogP contribution in [0.1, 0.15) is 15.9 Å². The van der Waals surface area contributed by atoms with Gasteiger partial charge in [0, 0.05) is 0 Å². The van der Waals surface area contributed by atoms with Crippen molar-refractivity contribution in [1.29, 1.82) is 0 Å². The van der Waals surface area contributed by atoms with E-state index in [-0.39, 0.29) is 22.9 Å². The molecule has 0 aliphatic carbocycles. The molecule has 19 heavy (non-hydrogen) atoms. The Morgan fingerprint density at radius 1 is 1.26 bits per heavy atom. The zero-order chi connectivity index (χ0) is 13.8. The highest BCUT2D eigenvalue weighted by molar-refractivity contribution is 6.36. The van der Waals surface area contributed by atoms with Crippen LogP contribution in [-0.2, 0) is 11.3 Å². The SMILES string of the molecule is Nc1cccc(C(=O)OCc2cccc(O)c2)c1Cl. The molecule has 0 radical (unpaired) electrons. The first-order valence-electron chi connectivity index (χ1n) is 5.57. The smallest absolute Gasteiger partial charge is 0.340 e. The van der Waals surface area contributed by atoms with Crippen LogP contribution in [0.15, 0.2) is 42.5 Å². The molecule has 0 bridgehead atoms. The molecule has 98 valence electrons. The lowest BCUT2D eigenvalue weighted by Crippen LogP contribution is -2.07. The van der Waals surface area contributed by atoms with Crippen LogP contribution >= 0.6 is 11.6 Å². The van der Waals surface area contributed by atoms with E-state index in [2.05, 4.69) is 0 Å². The number of carbonyl (C=O) groups excluding carboxylic acids is 1. The second kappa shape index (κ2) is 5.63. The van der Waals surface area contributed by atoms with E-state index in [1.54, 1.807) is 36.4 Å². The number of halogens is 1. The summed E-state index contributed by atoms with van der Waals surface area (Å²) < 4.78 is 5.11. The van der Waals surface area contributed by atoms with E-state index in [1.807, 2.05) is 0 Å². The molecule has 0 saturated carbocycles. The molecule has 0 spiro atoms. The minimum atomic E-state index is -0.555. The zero-order valence-corrected chi connectivity index (χ0v) is 10.7. The number of benzene rings is 2. The molecule has 2 rings (SSSR count). The third-order valence-corrected chi connectivity index (χ3v) is 2.95. The van der Waals surface area contributed by atoms with E-state index in [0.29, 0.717) is 11.3 Å². The molecule has 0 heterocycles. The third kappa shape index (κ3) is 3.17. The van der Waals surface area contributed by atoms with E-state index in [0.717, 1.165) is 0 Å². The summed E-state index contributed by atoms with van der Waals surface area (Å²) >= 11 is 5.93. The molecule has 5 heteroatoms. The molecule has 2 aromatic carbocycles. The molecular formula is C14H12ClNO3. The number of hydrogen-bond acceptors (Lipinski definition) is 4. The van der Waals surface area contributed by atoms with Crippen molar-refractivity contribution in [2.75, 3.05) is 5.73 Å². The maximum absolute atomic E-state index is 11.9. The third-order valence-electron chi connectivity index (χ3n) is 2.53. The fourth-order valence-corrected chi connectivity index (χ4v) is 1.78. The molecule has 4 nitrogen and oxygen atoms in total. The molecule has 0 atom stereocenters. The first kappa shape index (κ1) is 13.2. The number of aromatic hydroxyl groups is 1. The van der Waals surface area contributed by atoms with Gasteiger partial charge in [-0.15, -0.1) is 0 Å². The minimum Gasteiger partial charge on any atom is -0.508 e. The number of esters is 1. The topological polar surface area (TPSA) is 72.6 Å². The lowest BCUT2D eigenvalue weighted by molar-refractivity contribution is 0.0472. The highest BCUT2D eigenvalue weighted by atomic mass is 35.5. The number of hydrogen-bond donors (Lipinski definition) is 2. The van der Waals surface area contributed by atoms with Crippen LogP contribution in [0.4, 0.5) is 5.69 Å². The molecule has 0 fully saturated rings. The largest absolute Gasteiger partial charge is 0.508 e. The normalized spacial score (nSPS) is 10.2. The standard InChI is InChI=1S/C14H12ClNO3/c15-13-11(5-2-6-12(13)16)14(18)19-8-9-3-1-4-10(17)7-9/h1-7,17H,8,16H2. The first-order chi connectivity index (χ1) is 9.08. The van der Waals surface area contributed by atoms with Crippen molar-refractivity contribution in [3.63, 3.8) is 0 Å². The van der Waals surface area contributed by atoms with Gasteiger partial charge in [0.05, 0.1) is 16.3 Å². The number of nitrogen functional groups attached to an aromatic ring is 1. The van der Waals surface area contributed by atoms with Gasteiger partial charge < -0.3 is 15.6 Å². The maximum atomic E-state index is 11.9. The number of phenols is 1. The predicted molar refractivity (Wildman–Crippen MR) is 73.1 cm³/mol. The Hall–Kier alpha value is -2.20. The predicted octanol–water partition coefficient (Wildman–Crippen LogP) is 2.98. The Balaban J connectivity index is 2.08. The van der Waals surface area contributed by atoms with Crippen LogP contribution in [0.25, 0.3) is 0 Å². The lowest BCUT2D eigenvalue weighted by atomic mass is 10.2. The number of nitrogens with two attached hydrogens (primary N) is 1. The number of anilines is 1. The monoisotopic (exact) mass is 277 g/mol. The van der Waals surface area contributed by atoms with Crippen molar-refractivity contribution in [2.45, 2.75) is 6.61 Å². The van der Waals surface area contributed by atoms with Crippen molar-refractivity contribution < 1.29 is 14.6 Å². The van der Waals surface area contributed by atoms with Crippen molar-refractivity contribution in [2.24, 2.45) is 0 Å². The van der Waals surface area contributed by atoms with Gasteiger partial charge in [0.25, 0.3) is 0 Å². The summed E-state index contributed by atoms with van der Waals surface area (Å²) in [6, 6.07) is 11.3. The quantitative estimate of drug-likeness (QED) is 0.668. The highest BCUT2D eigenvalue weighted by Gasteiger charge is 2.13. The zero-order valence-electron chi connectivity index (χ0n) is 9.97. The van der Waals surface area contributed by atoms with Crippen LogP contribution in [0.3, 0.4) is 0 Å². The second-order valence-corrected chi connectivity index (χ2v) is 4.33. The average molecular weight is 278 g/mol. The van der Waals surface area contributed by atoms with Crippen LogP contribution in [0.5, 0.6) is 5.75 Å². The van der Waals surface area contributed by atoms with Crippen molar-refractivity contribution >= 4 is 23.3 Å². The minimum absolute atomic E-state index is 0.0539. The van der Waals surface area contributed by atoms with E-state index in [4.69, 9.17) is 22.1 Å². The van der Waals surface area contributed by atoms with Crippen LogP contribution in [0.2, 0.25) is 5.02 Å². The summed E-state index contributed by atoms with van der Waals surface area (Å²) in [5, 5.41) is 9.48. The van der Waals surface area contributed by atoms with E-state index < -0.39 is 5.97 Å². The van der Waals surface area contributed by atoms with Crippen LogP contribution < -0.4 is 5.73 Å². The van der Waals surface area contributed by atoms with Gasteiger partial charge in [0.15, 0.2) is 0 Å². The van der Waals surface area contributed by atoms with Gasteiger partial charge in [0.1, 0.15) is 12.4 Å². The van der Waals surface area contributed by atoms with Crippen molar-refractivity contribution in [3.05, 3.63) is 58.6 Å². The molecule has 2 aromatic rings. The van der Waals surface area contributed by atoms with Gasteiger partial charge >= 0.3 is 5.97 Å². The first-order valence-corrected chi connectivity index (χ1v) is 5.95. The molecular weight excluding hydrogens is 266 g/mol. The summed E-state index contributed by atoms with van der Waals surface area (Å²) in [5.41, 5.74) is 6.85. The van der Waals surface area contributed by atoms with Crippen LogP contribution in [-0.4, -0.2) is 11.1 Å². The van der Waals surface area contributed by atoms with Gasteiger partial charge in [-0.25, -0.2) is 4.79 Å².